The lowest BCUT2D eigenvalue weighted by Crippen LogP contribution is -2.40. The highest BCUT2D eigenvalue weighted by atomic mass is 16.5. The lowest BCUT2D eigenvalue weighted by Gasteiger charge is -2.27. The molecule has 1 N–H and O–H groups in total. The van der Waals surface area contributed by atoms with Gasteiger partial charge in [-0.05, 0) is 6.42 Å². The van der Waals surface area contributed by atoms with Crippen molar-refractivity contribution >= 4 is 5.82 Å². The van der Waals surface area contributed by atoms with Gasteiger partial charge in [0.2, 0.25) is 0 Å². The molecule has 1 fully saturated rings. The predicted molar refractivity (Wildman–Crippen MR) is 63.1 cm³/mol. The fourth-order valence-electron chi connectivity index (χ4n) is 1.20. The zero-order chi connectivity index (χ0) is 11.1. The molecule has 2 heterocycles. The first-order valence-electron chi connectivity index (χ1n) is 5.53. The molecule has 0 saturated carbocycles. The first-order chi connectivity index (χ1) is 7.38. The van der Waals surface area contributed by atoms with Crippen molar-refractivity contribution in [2.75, 3.05) is 18.5 Å². The molecule has 86 valence electrons. The Labute approximate surface area is 92.6 Å². The molecule has 1 aromatic rings. The SMILES string of the molecule is CC.CCc1cc(NC2COC2)ncn1.[HH]. The van der Waals surface area contributed by atoms with Crippen molar-refractivity contribution in [3.8, 4) is 0 Å². The quantitative estimate of drug-likeness (QED) is 0.832. The number of aryl methyl sites for hydroxylation is 1. The van der Waals surface area contributed by atoms with Crippen molar-refractivity contribution in [3.63, 3.8) is 0 Å². The van der Waals surface area contributed by atoms with Gasteiger partial charge >= 0.3 is 0 Å². The molecule has 1 aromatic heterocycles. The van der Waals surface area contributed by atoms with Gasteiger partial charge in [0.25, 0.3) is 0 Å². The molecule has 1 aliphatic heterocycles. The Morgan fingerprint density at radius 3 is 2.73 bits per heavy atom. The molecule has 0 aliphatic carbocycles. The van der Waals surface area contributed by atoms with Crippen molar-refractivity contribution in [2.45, 2.75) is 33.2 Å². The zero-order valence-corrected chi connectivity index (χ0v) is 9.66. The number of anilines is 1. The molecule has 1 aliphatic rings. The molecule has 2 rings (SSSR count). The summed E-state index contributed by atoms with van der Waals surface area (Å²) < 4.78 is 5.06. The van der Waals surface area contributed by atoms with E-state index in [4.69, 9.17) is 4.74 Å². The van der Waals surface area contributed by atoms with Crippen LogP contribution in [-0.4, -0.2) is 29.2 Å². The molecule has 0 bridgehead atoms. The van der Waals surface area contributed by atoms with Gasteiger partial charge in [0.05, 0.1) is 19.3 Å². The standard InChI is InChI=1S/C9H13N3O.C2H6.H2/c1-2-7-3-9(11-6-10-7)12-8-4-13-5-8;1-2;/h3,6,8H,2,4-5H2,1H3,(H,10,11,12);1-2H3;1H. The number of nitrogens with one attached hydrogen (secondary N) is 1. The van der Waals surface area contributed by atoms with Crippen molar-refractivity contribution in [1.29, 1.82) is 0 Å². The number of nitrogens with zero attached hydrogens (tertiary/aromatic N) is 2. The average molecular weight is 211 g/mol. The van der Waals surface area contributed by atoms with Gasteiger partial charge in [-0.3, -0.25) is 0 Å². The van der Waals surface area contributed by atoms with Crippen LogP contribution in [0.1, 0.15) is 27.9 Å². The molecule has 0 atom stereocenters. The van der Waals surface area contributed by atoms with Crippen LogP contribution in [-0.2, 0) is 11.2 Å². The topological polar surface area (TPSA) is 47.0 Å². The van der Waals surface area contributed by atoms with Crippen molar-refractivity contribution in [3.05, 3.63) is 18.1 Å². The summed E-state index contributed by atoms with van der Waals surface area (Å²) in [5.41, 5.74) is 1.07. The highest BCUT2D eigenvalue weighted by Gasteiger charge is 2.17. The third kappa shape index (κ3) is 3.47. The molecule has 0 unspecified atom stereocenters. The number of rotatable bonds is 3. The second-order valence-corrected chi connectivity index (χ2v) is 3.13. The van der Waals surface area contributed by atoms with E-state index < -0.39 is 0 Å². The van der Waals surface area contributed by atoms with Gasteiger partial charge in [0.1, 0.15) is 12.1 Å². The van der Waals surface area contributed by atoms with E-state index in [-0.39, 0.29) is 1.43 Å². The van der Waals surface area contributed by atoms with Crippen LogP contribution >= 0.6 is 0 Å². The summed E-state index contributed by atoms with van der Waals surface area (Å²) in [6.07, 6.45) is 2.54. The Balaban J connectivity index is 0.000000711. The number of hydrogen-bond donors (Lipinski definition) is 1. The third-order valence-electron chi connectivity index (χ3n) is 2.08. The van der Waals surface area contributed by atoms with Gasteiger partial charge in [0, 0.05) is 13.2 Å². The Kier molecular flexibility index (Phi) is 5.04. The van der Waals surface area contributed by atoms with E-state index in [9.17, 15) is 0 Å². The molecule has 0 radical (unpaired) electrons. The van der Waals surface area contributed by atoms with Crippen LogP contribution in [0.5, 0.6) is 0 Å². The average Bonchev–Trinajstić information content (AvgIpc) is 2.27. The Morgan fingerprint density at radius 1 is 1.47 bits per heavy atom. The second kappa shape index (κ2) is 6.35. The van der Waals surface area contributed by atoms with Crippen LogP contribution in [0.4, 0.5) is 5.82 Å². The number of hydrogen-bond acceptors (Lipinski definition) is 4. The van der Waals surface area contributed by atoms with Crippen LogP contribution in [0.25, 0.3) is 0 Å². The lowest BCUT2D eigenvalue weighted by molar-refractivity contribution is 0.0209. The largest absolute Gasteiger partial charge is 0.377 e. The van der Waals surface area contributed by atoms with Crippen molar-refractivity contribution in [1.82, 2.24) is 9.97 Å². The third-order valence-corrected chi connectivity index (χ3v) is 2.08. The Morgan fingerprint density at radius 2 is 2.20 bits per heavy atom. The zero-order valence-electron chi connectivity index (χ0n) is 9.66. The first kappa shape index (κ1) is 11.9. The van der Waals surface area contributed by atoms with E-state index in [2.05, 4.69) is 22.2 Å². The fraction of sp³-hybridized carbons (Fsp3) is 0.636. The van der Waals surface area contributed by atoms with Gasteiger partial charge in [-0.25, -0.2) is 9.97 Å². The maximum absolute atomic E-state index is 5.06. The molecule has 0 aromatic carbocycles. The number of ether oxygens (including phenoxy) is 1. The second-order valence-electron chi connectivity index (χ2n) is 3.13. The molecule has 4 heteroatoms. The van der Waals surface area contributed by atoms with E-state index in [1.807, 2.05) is 19.9 Å². The maximum Gasteiger partial charge on any atom is 0.129 e. The minimum absolute atomic E-state index is 0. The summed E-state index contributed by atoms with van der Waals surface area (Å²) in [6.45, 7) is 7.65. The van der Waals surface area contributed by atoms with Gasteiger partial charge in [-0.15, -0.1) is 0 Å². The Hall–Kier alpha value is -1.16. The lowest BCUT2D eigenvalue weighted by atomic mass is 10.2. The van der Waals surface area contributed by atoms with E-state index in [1.54, 1.807) is 6.33 Å². The first-order valence-corrected chi connectivity index (χ1v) is 5.53. The summed E-state index contributed by atoms with van der Waals surface area (Å²) in [6, 6.07) is 2.41. The summed E-state index contributed by atoms with van der Waals surface area (Å²) in [7, 11) is 0. The van der Waals surface area contributed by atoms with Gasteiger partial charge in [-0.2, -0.15) is 0 Å². The highest BCUT2D eigenvalue weighted by molar-refractivity contribution is 5.36. The highest BCUT2D eigenvalue weighted by Crippen LogP contribution is 2.10. The fourth-order valence-corrected chi connectivity index (χ4v) is 1.20. The monoisotopic (exact) mass is 211 g/mol. The van der Waals surface area contributed by atoms with Crippen LogP contribution in [0.2, 0.25) is 0 Å². The molecule has 15 heavy (non-hydrogen) atoms. The Bertz CT molecular complexity index is 292. The molecular weight excluding hydrogens is 190 g/mol. The van der Waals surface area contributed by atoms with Gasteiger partial charge in [0.15, 0.2) is 0 Å². The van der Waals surface area contributed by atoms with Crippen LogP contribution in [0.3, 0.4) is 0 Å². The normalized spacial score (nSPS) is 14.9. The van der Waals surface area contributed by atoms with Crippen LogP contribution < -0.4 is 5.32 Å². The molecule has 1 saturated heterocycles. The summed E-state index contributed by atoms with van der Waals surface area (Å²) in [5, 5.41) is 3.28. The minimum Gasteiger partial charge on any atom is -0.377 e. The van der Waals surface area contributed by atoms with Crippen LogP contribution in [0, 0.1) is 0 Å². The summed E-state index contributed by atoms with van der Waals surface area (Å²) in [4.78, 5) is 8.26. The van der Waals surface area contributed by atoms with Gasteiger partial charge in [-0.1, -0.05) is 20.8 Å². The molecular formula is C11H21N3O. The molecule has 4 nitrogen and oxygen atoms in total. The summed E-state index contributed by atoms with van der Waals surface area (Å²) in [5.74, 6) is 0.903. The van der Waals surface area contributed by atoms with Crippen LogP contribution in [0.15, 0.2) is 12.4 Å². The van der Waals surface area contributed by atoms with E-state index in [1.165, 1.54) is 0 Å². The maximum atomic E-state index is 5.06. The number of aromatic nitrogens is 2. The molecule has 0 spiro atoms. The van der Waals surface area contributed by atoms with E-state index in [0.717, 1.165) is 31.1 Å². The minimum atomic E-state index is 0. The predicted octanol–water partition coefficient (Wildman–Crippen LogP) is 2.12. The smallest absolute Gasteiger partial charge is 0.129 e. The van der Waals surface area contributed by atoms with Crippen molar-refractivity contribution < 1.29 is 6.16 Å². The molecule has 0 amide bonds. The van der Waals surface area contributed by atoms with Crippen molar-refractivity contribution in [2.24, 2.45) is 0 Å². The van der Waals surface area contributed by atoms with Gasteiger partial charge < -0.3 is 10.1 Å². The van der Waals surface area contributed by atoms with E-state index in [0.29, 0.717) is 6.04 Å². The van der Waals surface area contributed by atoms with E-state index >= 15 is 0 Å². The summed E-state index contributed by atoms with van der Waals surface area (Å²) >= 11 is 0.